The molecule has 3 nitrogen and oxygen atoms in total. The van der Waals surface area contributed by atoms with E-state index in [4.69, 9.17) is 4.42 Å². The van der Waals surface area contributed by atoms with E-state index in [2.05, 4.69) is 138 Å². The summed E-state index contributed by atoms with van der Waals surface area (Å²) < 4.78 is 9.24. The standard InChI is InChI=1S/C37H23BN2O/c1-22-11-9-19-30-34(22)38-35-28(26-17-10-16-25-24-14-5-7-18-29(24)40(38)36(25)26)21-32-33(27-15-6-8-20-31(27)41-32)37(35)39(30)23-12-3-2-4-13-23/h2-21H,1H3. The Morgan fingerprint density at radius 3 is 2.27 bits per heavy atom. The van der Waals surface area contributed by atoms with E-state index in [-0.39, 0.29) is 6.85 Å². The van der Waals surface area contributed by atoms with Crippen molar-refractivity contribution in [3.8, 4) is 11.1 Å². The molecule has 0 bridgehead atoms. The predicted octanol–water partition coefficient (Wildman–Crippen LogP) is 8.42. The lowest BCUT2D eigenvalue weighted by Gasteiger charge is -2.41. The number of rotatable bonds is 1. The van der Waals surface area contributed by atoms with Gasteiger partial charge >= 0.3 is 6.85 Å². The van der Waals surface area contributed by atoms with Crippen molar-refractivity contribution in [1.29, 1.82) is 0 Å². The molecule has 0 aliphatic carbocycles. The Labute approximate surface area is 237 Å². The highest BCUT2D eigenvalue weighted by atomic mass is 16.3. The maximum atomic E-state index is 6.63. The molecule has 0 saturated heterocycles. The van der Waals surface area contributed by atoms with Gasteiger partial charge in [0, 0.05) is 44.1 Å². The number of hydrogen-bond donors (Lipinski definition) is 0. The number of fused-ring (bicyclic) bond motifs is 11. The summed E-state index contributed by atoms with van der Waals surface area (Å²) in [4.78, 5) is 2.48. The number of aryl methyl sites for hydroxylation is 1. The first-order valence-electron chi connectivity index (χ1n) is 14.2. The van der Waals surface area contributed by atoms with Gasteiger partial charge < -0.3 is 13.8 Å². The number of nitrogens with zero attached hydrogens (tertiary/aromatic N) is 2. The van der Waals surface area contributed by atoms with Crippen LogP contribution in [0.2, 0.25) is 0 Å². The first-order chi connectivity index (χ1) is 20.3. The second-order valence-corrected chi connectivity index (χ2v) is 11.3. The number of para-hydroxylation sites is 4. The molecule has 8 aromatic rings. The lowest BCUT2D eigenvalue weighted by Crippen LogP contribution is -2.57. The molecular weight excluding hydrogens is 499 g/mol. The molecule has 190 valence electrons. The number of hydrogen-bond acceptors (Lipinski definition) is 2. The molecule has 4 heterocycles. The van der Waals surface area contributed by atoms with E-state index in [1.807, 2.05) is 0 Å². The summed E-state index contributed by atoms with van der Waals surface area (Å²) in [7, 11) is 0. The summed E-state index contributed by atoms with van der Waals surface area (Å²) in [6.07, 6.45) is 0. The van der Waals surface area contributed by atoms with Crippen LogP contribution in [0.1, 0.15) is 5.56 Å². The minimum atomic E-state index is 0.0338. The lowest BCUT2D eigenvalue weighted by molar-refractivity contribution is 0.669. The third kappa shape index (κ3) is 2.56. The fourth-order valence-corrected chi connectivity index (χ4v) is 7.74. The third-order valence-electron chi connectivity index (χ3n) is 9.29. The van der Waals surface area contributed by atoms with Crippen molar-refractivity contribution in [3.63, 3.8) is 0 Å². The molecular formula is C37H23BN2O. The van der Waals surface area contributed by atoms with Gasteiger partial charge in [-0.15, -0.1) is 0 Å². The molecule has 2 aliphatic rings. The van der Waals surface area contributed by atoms with Crippen LogP contribution in [0.25, 0.3) is 54.9 Å². The zero-order valence-corrected chi connectivity index (χ0v) is 22.4. The van der Waals surface area contributed by atoms with Crippen molar-refractivity contribution in [2.45, 2.75) is 6.92 Å². The third-order valence-corrected chi connectivity index (χ3v) is 9.29. The molecule has 41 heavy (non-hydrogen) atoms. The van der Waals surface area contributed by atoms with Crippen molar-refractivity contribution in [2.75, 3.05) is 4.90 Å². The van der Waals surface area contributed by atoms with Gasteiger partial charge in [0.1, 0.15) is 11.2 Å². The van der Waals surface area contributed by atoms with Crippen molar-refractivity contribution < 1.29 is 4.42 Å². The first kappa shape index (κ1) is 21.6. The Kier molecular flexibility index (Phi) is 3.95. The van der Waals surface area contributed by atoms with Gasteiger partial charge in [-0.3, -0.25) is 0 Å². The van der Waals surface area contributed by atoms with Gasteiger partial charge in [0.2, 0.25) is 0 Å². The molecule has 0 atom stereocenters. The van der Waals surface area contributed by atoms with Gasteiger partial charge in [-0.2, -0.15) is 0 Å². The summed E-state index contributed by atoms with van der Waals surface area (Å²) in [6.45, 7) is 2.30. The highest BCUT2D eigenvalue weighted by Gasteiger charge is 2.44. The molecule has 2 aromatic heterocycles. The summed E-state index contributed by atoms with van der Waals surface area (Å²) in [5, 5.41) is 4.92. The Balaban J connectivity index is 1.50. The van der Waals surface area contributed by atoms with Gasteiger partial charge in [0.25, 0.3) is 0 Å². The van der Waals surface area contributed by atoms with Crippen LogP contribution in [-0.2, 0) is 0 Å². The first-order valence-corrected chi connectivity index (χ1v) is 14.2. The summed E-state index contributed by atoms with van der Waals surface area (Å²) in [6, 6.07) is 44.0. The minimum absolute atomic E-state index is 0.0338. The van der Waals surface area contributed by atoms with Crippen LogP contribution in [0.5, 0.6) is 0 Å². The second-order valence-electron chi connectivity index (χ2n) is 11.3. The van der Waals surface area contributed by atoms with E-state index in [1.165, 1.54) is 66.2 Å². The van der Waals surface area contributed by atoms with Crippen LogP contribution in [-0.4, -0.2) is 11.3 Å². The van der Waals surface area contributed by atoms with Crippen LogP contribution in [0.3, 0.4) is 0 Å². The SMILES string of the molecule is Cc1cccc2c1B1c3c(cc4oc5ccccc5c4c3N2c2ccccc2)-c2cccc3c4ccccc4n1c23. The fourth-order valence-electron chi connectivity index (χ4n) is 7.74. The highest BCUT2D eigenvalue weighted by molar-refractivity contribution is 6.90. The number of aromatic nitrogens is 1. The average molecular weight is 522 g/mol. The maximum Gasteiger partial charge on any atom is 0.333 e. The lowest BCUT2D eigenvalue weighted by atomic mass is 9.44. The average Bonchev–Trinajstić information content (AvgIpc) is 3.56. The van der Waals surface area contributed by atoms with Crippen LogP contribution in [0, 0.1) is 6.92 Å². The Morgan fingerprint density at radius 1 is 0.610 bits per heavy atom. The van der Waals surface area contributed by atoms with Gasteiger partial charge in [0.15, 0.2) is 0 Å². The summed E-state index contributed by atoms with van der Waals surface area (Å²) in [5.41, 5.74) is 14.5. The molecule has 10 rings (SSSR count). The molecule has 4 heteroatoms. The molecule has 0 spiro atoms. The molecule has 0 amide bonds. The van der Waals surface area contributed by atoms with E-state index in [1.54, 1.807) is 0 Å². The molecule has 2 aliphatic heterocycles. The van der Waals surface area contributed by atoms with E-state index in [0.717, 1.165) is 22.2 Å². The van der Waals surface area contributed by atoms with E-state index in [9.17, 15) is 0 Å². The van der Waals surface area contributed by atoms with Crippen molar-refractivity contribution >= 4 is 78.6 Å². The Morgan fingerprint density at radius 2 is 1.37 bits per heavy atom. The van der Waals surface area contributed by atoms with Crippen molar-refractivity contribution in [2.24, 2.45) is 0 Å². The van der Waals surface area contributed by atoms with Crippen LogP contribution in [0.4, 0.5) is 17.1 Å². The van der Waals surface area contributed by atoms with Crippen molar-refractivity contribution in [1.82, 2.24) is 4.48 Å². The molecule has 6 aromatic carbocycles. The van der Waals surface area contributed by atoms with E-state index < -0.39 is 0 Å². The molecule has 0 N–H and O–H groups in total. The minimum Gasteiger partial charge on any atom is -0.456 e. The molecule has 0 saturated carbocycles. The monoisotopic (exact) mass is 522 g/mol. The van der Waals surface area contributed by atoms with E-state index in [0.29, 0.717) is 0 Å². The van der Waals surface area contributed by atoms with Gasteiger partial charge in [-0.1, -0.05) is 90.5 Å². The fraction of sp³-hybridized carbons (Fsp3) is 0.0270. The normalized spacial score (nSPS) is 13.4. The number of benzene rings is 6. The van der Waals surface area contributed by atoms with Crippen LogP contribution >= 0.6 is 0 Å². The highest BCUT2D eigenvalue weighted by Crippen LogP contribution is 2.49. The smallest absolute Gasteiger partial charge is 0.333 e. The van der Waals surface area contributed by atoms with Gasteiger partial charge in [-0.25, -0.2) is 0 Å². The van der Waals surface area contributed by atoms with Crippen molar-refractivity contribution in [3.05, 3.63) is 127 Å². The number of furan rings is 1. The summed E-state index contributed by atoms with van der Waals surface area (Å²) >= 11 is 0. The maximum absolute atomic E-state index is 6.63. The largest absolute Gasteiger partial charge is 0.456 e. The summed E-state index contributed by atoms with van der Waals surface area (Å²) in [5.74, 6) is 0. The topological polar surface area (TPSA) is 21.3 Å². The number of anilines is 3. The van der Waals surface area contributed by atoms with Crippen LogP contribution in [0.15, 0.2) is 126 Å². The second kappa shape index (κ2) is 7.49. The zero-order valence-electron chi connectivity index (χ0n) is 22.4. The van der Waals surface area contributed by atoms with Crippen LogP contribution < -0.4 is 15.8 Å². The molecule has 0 unspecified atom stereocenters. The molecule has 0 radical (unpaired) electrons. The Bertz CT molecular complexity index is 2400. The van der Waals surface area contributed by atoms with Gasteiger partial charge in [0.05, 0.1) is 11.1 Å². The Hall–Kier alpha value is -5.22. The van der Waals surface area contributed by atoms with Gasteiger partial charge in [-0.05, 0) is 59.8 Å². The zero-order chi connectivity index (χ0) is 26.8. The molecule has 0 fully saturated rings. The quantitative estimate of drug-likeness (QED) is 0.202. The predicted molar refractivity (Wildman–Crippen MR) is 172 cm³/mol. The van der Waals surface area contributed by atoms with E-state index >= 15 is 0 Å².